The lowest BCUT2D eigenvalue weighted by Gasteiger charge is -2.31. The molecule has 7 nitrogen and oxygen atoms in total. The summed E-state index contributed by atoms with van der Waals surface area (Å²) in [6.45, 7) is 1.51. The van der Waals surface area contributed by atoms with Crippen molar-refractivity contribution in [3.63, 3.8) is 0 Å². The van der Waals surface area contributed by atoms with Crippen molar-refractivity contribution in [3.05, 3.63) is 30.2 Å². The number of likely N-dealkylation sites (tertiary alicyclic amines) is 1. The Morgan fingerprint density at radius 3 is 2.61 bits per heavy atom. The predicted molar refractivity (Wildman–Crippen MR) is 106 cm³/mol. The van der Waals surface area contributed by atoms with Gasteiger partial charge in [-0.15, -0.1) is 10.2 Å². The Morgan fingerprint density at radius 2 is 1.82 bits per heavy atom. The van der Waals surface area contributed by atoms with E-state index in [-0.39, 0.29) is 18.4 Å². The molecule has 3 heterocycles. The van der Waals surface area contributed by atoms with Gasteiger partial charge in [0.25, 0.3) is 0 Å². The van der Waals surface area contributed by atoms with Gasteiger partial charge >= 0.3 is 0 Å². The van der Waals surface area contributed by atoms with Crippen LogP contribution in [-0.4, -0.2) is 50.9 Å². The van der Waals surface area contributed by atoms with Gasteiger partial charge in [0.05, 0.1) is 6.54 Å². The second-order valence-corrected chi connectivity index (χ2v) is 8.13. The molecule has 2 amide bonds. The van der Waals surface area contributed by atoms with E-state index in [9.17, 15) is 9.59 Å². The number of nitrogens with zero attached hydrogens (tertiary/aromatic N) is 4. The average molecular weight is 383 g/mol. The first-order valence-corrected chi connectivity index (χ1v) is 10.5. The zero-order valence-electron chi connectivity index (χ0n) is 16.3. The topological polar surface area (TPSA) is 79.6 Å². The quantitative estimate of drug-likeness (QED) is 0.860. The third kappa shape index (κ3) is 4.34. The minimum Gasteiger partial charge on any atom is -0.347 e. The van der Waals surface area contributed by atoms with Crippen molar-refractivity contribution in [2.24, 2.45) is 5.92 Å². The molecule has 0 atom stereocenters. The van der Waals surface area contributed by atoms with Crippen LogP contribution in [0.2, 0.25) is 0 Å². The van der Waals surface area contributed by atoms with E-state index in [1.165, 1.54) is 19.3 Å². The van der Waals surface area contributed by atoms with Gasteiger partial charge in [0, 0.05) is 31.6 Å². The Hall–Kier alpha value is -2.44. The van der Waals surface area contributed by atoms with Crippen molar-refractivity contribution in [2.45, 2.75) is 57.3 Å². The summed E-state index contributed by atoms with van der Waals surface area (Å²) in [5.41, 5.74) is 0.858. The summed E-state index contributed by atoms with van der Waals surface area (Å²) < 4.78 is 2.04. The maximum absolute atomic E-state index is 12.5. The molecule has 7 heteroatoms. The summed E-state index contributed by atoms with van der Waals surface area (Å²) in [6.07, 6.45) is 10.3. The fraction of sp³-hybridized carbons (Fsp3) is 0.619. The van der Waals surface area contributed by atoms with Crippen LogP contribution < -0.4 is 5.32 Å². The van der Waals surface area contributed by atoms with E-state index < -0.39 is 0 Å². The first-order valence-electron chi connectivity index (χ1n) is 10.5. The molecule has 4 rings (SSSR count). The summed E-state index contributed by atoms with van der Waals surface area (Å²) in [7, 11) is 0. The smallest absolute Gasteiger partial charge is 0.241 e. The fourth-order valence-corrected chi connectivity index (χ4v) is 4.54. The number of aromatic nitrogens is 3. The van der Waals surface area contributed by atoms with Crippen molar-refractivity contribution in [1.82, 2.24) is 24.8 Å². The summed E-state index contributed by atoms with van der Waals surface area (Å²) >= 11 is 0. The number of piperidine rings is 1. The maximum Gasteiger partial charge on any atom is 0.241 e. The van der Waals surface area contributed by atoms with Crippen molar-refractivity contribution in [1.29, 1.82) is 0 Å². The molecule has 0 spiro atoms. The Bertz CT molecular complexity index is 819. The highest BCUT2D eigenvalue weighted by molar-refractivity contribution is 5.84. The Morgan fingerprint density at radius 1 is 1.04 bits per heavy atom. The van der Waals surface area contributed by atoms with Crippen LogP contribution in [0.15, 0.2) is 24.4 Å². The van der Waals surface area contributed by atoms with Crippen LogP contribution in [0.25, 0.3) is 5.65 Å². The van der Waals surface area contributed by atoms with E-state index in [1.54, 1.807) is 0 Å². The van der Waals surface area contributed by atoms with Crippen LogP contribution in [0.4, 0.5) is 0 Å². The molecule has 2 aliphatic rings. The van der Waals surface area contributed by atoms with Gasteiger partial charge in [-0.25, -0.2) is 0 Å². The van der Waals surface area contributed by atoms with Gasteiger partial charge in [0.2, 0.25) is 11.8 Å². The third-order valence-electron chi connectivity index (χ3n) is 6.19. The van der Waals surface area contributed by atoms with E-state index >= 15 is 0 Å². The number of hydrogen-bond acceptors (Lipinski definition) is 4. The number of fused-ring (bicyclic) bond motifs is 1. The molecule has 2 fully saturated rings. The summed E-state index contributed by atoms with van der Waals surface area (Å²) in [4.78, 5) is 26.5. The van der Waals surface area contributed by atoms with Crippen molar-refractivity contribution in [2.75, 3.05) is 19.6 Å². The third-order valence-corrected chi connectivity index (χ3v) is 6.19. The predicted octanol–water partition coefficient (Wildman–Crippen LogP) is 2.52. The molecular weight excluding hydrogens is 354 g/mol. The molecule has 28 heavy (non-hydrogen) atoms. The molecule has 1 saturated heterocycles. The Balaban J connectivity index is 1.23. The van der Waals surface area contributed by atoms with E-state index in [0.29, 0.717) is 31.3 Å². The summed E-state index contributed by atoms with van der Waals surface area (Å²) in [5.74, 6) is 1.81. The molecule has 2 aromatic rings. The van der Waals surface area contributed by atoms with Crippen LogP contribution in [0.1, 0.15) is 63.1 Å². The molecule has 0 bridgehead atoms. The standard InChI is InChI=1S/C21H29N5O2/c27-19(14-16-6-2-1-3-7-16)22-15-20(28)25-12-9-17(10-13-25)21-24-23-18-8-4-5-11-26(18)21/h4-5,8,11,16-17H,1-3,6-7,9-10,12-15H2,(H,22,27). The second-order valence-electron chi connectivity index (χ2n) is 8.13. The fourth-order valence-electron chi connectivity index (χ4n) is 4.54. The molecule has 2 aromatic heterocycles. The number of hydrogen-bond donors (Lipinski definition) is 1. The SMILES string of the molecule is O=C(CC1CCCCC1)NCC(=O)N1CCC(c2nnc3ccccn23)CC1. The molecule has 1 aliphatic heterocycles. The number of amides is 2. The first-order chi connectivity index (χ1) is 13.7. The molecule has 1 saturated carbocycles. The van der Waals surface area contributed by atoms with Crippen LogP contribution in [-0.2, 0) is 9.59 Å². The number of carbonyl (C=O) groups is 2. The van der Waals surface area contributed by atoms with Gasteiger partial charge in [-0.1, -0.05) is 25.3 Å². The first kappa shape index (κ1) is 18.9. The Kier molecular flexibility index (Phi) is 5.88. The van der Waals surface area contributed by atoms with Crippen molar-refractivity contribution < 1.29 is 9.59 Å². The van der Waals surface area contributed by atoms with E-state index in [4.69, 9.17) is 0 Å². The van der Waals surface area contributed by atoms with E-state index in [2.05, 4.69) is 15.5 Å². The molecule has 1 aliphatic carbocycles. The minimum absolute atomic E-state index is 0.0153. The average Bonchev–Trinajstić information content (AvgIpc) is 3.17. The van der Waals surface area contributed by atoms with Gasteiger partial charge < -0.3 is 10.2 Å². The second kappa shape index (κ2) is 8.71. The summed E-state index contributed by atoms with van der Waals surface area (Å²) in [5, 5.41) is 11.4. The highest BCUT2D eigenvalue weighted by Crippen LogP contribution is 2.27. The van der Waals surface area contributed by atoms with Crippen LogP contribution in [0.5, 0.6) is 0 Å². The molecule has 150 valence electrons. The lowest BCUT2D eigenvalue weighted by atomic mass is 9.87. The van der Waals surface area contributed by atoms with Gasteiger partial charge in [0.15, 0.2) is 5.65 Å². The number of pyridine rings is 1. The highest BCUT2D eigenvalue weighted by atomic mass is 16.2. The zero-order chi connectivity index (χ0) is 19.3. The van der Waals surface area contributed by atoms with Crippen molar-refractivity contribution in [3.8, 4) is 0 Å². The highest BCUT2D eigenvalue weighted by Gasteiger charge is 2.27. The molecule has 0 radical (unpaired) electrons. The Labute approximate surface area is 165 Å². The van der Waals surface area contributed by atoms with Gasteiger partial charge in [-0.3, -0.25) is 14.0 Å². The van der Waals surface area contributed by atoms with Gasteiger partial charge in [-0.05, 0) is 43.7 Å². The van der Waals surface area contributed by atoms with Crippen molar-refractivity contribution >= 4 is 17.5 Å². The lowest BCUT2D eigenvalue weighted by molar-refractivity contribution is -0.134. The molecule has 0 aromatic carbocycles. The molecule has 0 unspecified atom stereocenters. The van der Waals surface area contributed by atoms with Crippen LogP contribution in [0.3, 0.4) is 0 Å². The van der Waals surface area contributed by atoms with E-state index in [1.807, 2.05) is 33.7 Å². The lowest BCUT2D eigenvalue weighted by Crippen LogP contribution is -2.44. The molecule has 1 N–H and O–H groups in total. The van der Waals surface area contributed by atoms with E-state index in [0.717, 1.165) is 37.2 Å². The van der Waals surface area contributed by atoms with Gasteiger partial charge in [0.1, 0.15) is 5.82 Å². The summed E-state index contributed by atoms with van der Waals surface area (Å²) in [6, 6.07) is 5.89. The minimum atomic E-state index is 0.0153. The van der Waals surface area contributed by atoms with Crippen LogP contribution in [0, 0.1) is 5.92 Å². The number of nitrogens with one attached hydrogen (secondary N) is 1. The largest absolute Gasteiger partial charge is 0.347 e. The monoisotopic (exact) mass is 383 g/mol. The normalized spacial score (nSPS) is 19.1. The maximum atomic E-state index is 12.5. The zero-order valence-corrected chi connectivity index (χ0v) is 16.3. The number of carbonyl (C=O) groups excluding carboxylic acids is 2. The van der Waals surface area contributed by atoms with Crippen LogP contribution >= 0.6 is 0 Å². The number of rotatable bonds is 5. The van der Waals surface area contributed by atoms with Gasteiger partial charge in [-0.2, -0.15) is 0 Å². The molecular formula is C21H29N5O2.